The molecule has 0 aliphatic carbocycles. The topological polar surface area (TPSA) is 137 Å². The molecule has 0 fully saturated rings. The first-order valence-corrected chi connectivity index (χ1v) is 10.4. The van der Waals surface area contributed by atoms with Gasteiger partial charge in [0, 0.05) is 13.1 Å². The minimum atomic E-state index is -4.88. The van der Waals surface area contributed by atoms with Crippen LogP contribution in [0.25, 0.3) is 0 Å². The maximum atomic E-state index is 12.9. The van der Waals surface area contributed by atoms with Gasteiger partial charge in [-0.25, -0.2) is 9.59 Å². The molecule has 186 valence electrons. The van der Waals surface area contributed by atoms with E-state index in [-0.39, 0.29) is 30.2 Å². The monoisotopic (exact) mass is 486 g/mol. The number of hydrogen-bond donors (Lipinski definition) is 2. The molecule has 3 N–H and O–H groups in total. The smallest absolute Gasteiger partial charge is 0.452 e. The van der Waals surface area contributed by atoms with E-state index in [1.807, 2.05) is 6.92 Å². The highest BCUT2D eigenvalue weighted by atomic mass is 19.4. The number of unbranched alkanes of at least 4 members (excludes halogenated alkanes) is 1. The molecule has 0 saturated heterocycles. The van der Waals surface area contributed by atoms with Gasteiger partial charge in [-0.05, 0) is 37.1 Å². The molecule has 1 amide bonds. The van der Waals surface area contributed by atoms with Crippen LogP contribution in [-0.4, -0.2) is 40.9 Å². The number of amides is 1. The number of anilines is 2. The minimum Gasteiger partial charge on any atom is -0.452 e. The van der Waals surface area contributed by atoms with E-state index in [2.05, 4.69) is 9.72 Å². The van der Waals surface area contributed by atoms with Crippen LogP contribution in [0.15, 0.2) is 33.9 Å². The first-order chi connectivity index (χ1) is 16.0. The Balaban J connectivity index is 2.21. The lowest BCUT2D eigenvalue weighted by molar-refractivity contribution is -0.274. The number of carbonyl (C=O) groups is 2. The number of H-pyrrole nitrogens is 1. The number of ether oxygens (including phenoxy) is 2. The third-order valence-corrected chi connectivity index (χ3v) is 4.62. The van der Waals surface area contributed by atoms with Gasteiger partial charge in [0.1, 0.15) is 11.6 Å². The fraction of sp³-hybridized carbons (Fsp3) is 0.429. The summed E-state index contributed by atoms with van der Waals surface area (Å²) in [6.45, 7) is 3.19. The largest absolute Gasteiger partial charge is 0.573 e. The predicted molar refractivity (Wildman–Crippen MR) is 117 cm³/mol. The molecule has 0 bridgehead atoms. The van der Waals surface area contributed by atoms with E-state index in [1.54, 1.807) is 6.92 Å². The van der Waals surface area contributed by atoms with E-state index in [0.29, 0.717) is 19.3 Å². The molecule has 0 unspecified atom stereocenters. The third-order valence-electron chi connectivity index (χ3n) is 4.62. The van der Waals surface area contributed by atoms with Crippen molar-refractivity contribution in [3.05, 3.63) is 50.7 Å². The number of alkyl halides is 3. The van der Waals surface area contributed by atoms with Crippen molar-refractivity contribution in [3.63, 3.8) is 0 Å². The molecule has 0 radical (unpaired) electrons. The summed E-state index contributed by atoms with van der Waals surface area (Å²) in [4.78, 5) is 52.8. The zero-order chi connectivity index (χ0) is 25.5. The fourth-order valence-electron chi connectivity index (χ4n) is 3.04. The van der Waals surface area contributed by atoms with Crippen LogP contribution >= 0.6 is 0 Å². The Labute approximate surface area is 192 Å². The summed E-state index contributed by atoms with van der Waals surface area (Å²) in [6, 6.07) is 3.95. The molecule has 1 aromatic heterocycles. The number of rotatable bonds is 10. The lowest BCUT2D eigenvalue weighted by atomic mass is 10.2. The number of nitrogens with two attached hydrogens (primary N) is 1. The Hall–Kier alpha value is -3.77. The Kier molecular flexibility index (Phi) is 8.87. The first-order valence-electron chi connectivity index (χ1n) is 10.4. The highest BCUT2D eigenvalue weighted by Gasteiger charge is 2.31. The highest BCUT2D eigenvalue weighted by Crippen LogP contribution is 2.23. The summed E-state index contributed by atoms with van der Waals surface area (Å²) < 4.78 is 46.6. The van der Waals surface area contributed by atoms with Crippen LogP contribution in [0.4, 0.5) is 24.7 Å². The van der Waals surface area contributed by atoms with Crippen molar-refractivity contribution in [3.8, 4) is 5.75 Å². The average molecular weight is 486 g/mol. The molecule has 1 heterocycles. The SMILES string of the molecule is CCCCN(C(=O)COC(=O)c1ccc(OC(F)(F)F)cc1)c1c(N)n(CCC)c(=O)[nH]c1=O. The molecule has 2 rings (SSSR count). The molecule has 2 aromatic rings. The second-order valence-electron chi connectivity index (χ2n) is 7.19. The number of nitrogen functional groups attached to an aromatic ring is 1. The zero-order valence-corrected chi connectivity index (χ0v) is 18.6. The van der Waals surface area contributed by atoms with Gasteiger partial charge in [0.25, 0.3) is 11.5 Å². The second kappa shape index (κ2) is 11.4. The normalized spacial score (nSPS) is 11.2. The van der Waals surface area contributed by atoms with Crippen molar-refractivity contribution in [2.45, 2.75) is 46.0 Å². The molecule has 10 nitrogen and oxygen atoms in total. The first kappa shape index (κ1) is 26.5. The van der Waals surface area contributed by atoms with Gasteiger partial charge in [-0.3, -0.25) is 19.1 Å². The molecule has 0 aliphatic rings. The molecule has 0 atom stereocenters. The number of nitrogens with zero attached hydrogens (tertiary/aromatic N) is 2. The van der Waals surface area contributed by atoms with Crippen LogP contribution in [0.1, 0.15) is 43.5 Å². The Bertz CT molecular complexity index is 1130. The number of hydrogen-bond acceptors (Lipinski definition) is 7. The molecule has 0 saturated carbocycles. The van der Waals surface area contributed by atoms with Gasteiger partial charge in [0.15, 0.2) is 12.3 Å². The number of aromatic nitrogens is 2. The molecule has 1 aromatic carbocycles. The van der Waals surface area contributed by atoms with Crippen LogP contribution in [0.2, 0.25) is 0 Å². The third kappa shape index (κ3) is 6.86. The van der Waals surface area contributed by atoms with Crippen molar-refractivity contribution >= 4 is 23.4 Å². The summed E-state index contributed by atoms with van der Waals surface area (Å²) >= 11 is 0. The number of aromatic amines is 1. The van der Waals surface area contributed by atoms with E-state index >= 15 is 0 Å². The van der Waals surface area contributed by atoms with E-state index in [4.69, 9.17) is 10.5 Å². The summed E-state index contributed by atoms with van der Waals surface area (Å²) in [7, 11) is 0. The van der Waals surface area contributed by atoms with Gasteiger partial charge in [0.05, 0.1) is 5.56 Å². The number of halogens is 3. The maximum Gasteiger partial charge on any atom is 0.573 e. The van der Waals surface area contributed by atoms with Gasteiger partial charge in [0.2, 0.25) is 0 Å². The van der Waals surface area contributed by atoms with Crippen LogP contribution in [0.5, 0.6) is 5.75 Å². The second-order valence-corrected chi connectivity index (χ2v) is 7.19. The number of benzene rings is 1. The van der Waals surface area contributed by atoms with E-state index in [9.17, 15) is 32.3 Å². The van der Waals surface area contributed by atoms with Crippen molar-refractivity contribution in [2.75, 3.05) is 23.8 Å². The quantitative estimate of drug-likeness (QED) is 0.492. The summed E-state index contributed by atoms with van der Waals surface area (Å²) in [5.74, 6) is -2.45. The van der Waals surface area contributed by atoms with Crippen molar-refractivity contribution in [1.82, 2.24) is 9.55 Å². The summed E-state index contributed by atoms with van der Waals surface area (Å²) in [5.41, 5.74) is 4.13. The minimum absolute atomic E-state index is 0.0774. The maximum absolute atomic E-state index is 12.9. The van der Waals surface area contributed by atoms with Crippen LogP contribution in [0, 0.1) is 0 Å². The Morgan fingerprint density at radius 1 is 1.12 bits per heavy atom. The molecule has 0 aliphatic heterocycles. The molecular formula is C21H25F3N4O6. The molecule has 13 heteroatoms. The van der Waals surface area contributed by atoms with Crippen LogP contribution < -0.4 is 26.6 Å². The van der Waals surface area contributed by atoms with E-state index < -0.39 is 41.8 Å². The molecular weight excluding hydrogens is 461 g/mol. The fourth-order valence-corrected chi connectivity index (χ4v) is 3.04. The zero-order valence-electron chi connectivity index (χ0n) is 18.6. The Morgan fingerprint density at radius 3 is 2.32 bits per heavy atom. The van der Waals surface area contributed by atoms with Gasteiger partial charge in [-0.15, -0.1) is 13.2 Å². The summed E-state index contributed by atoms with van der Waals surface area (Å²) in [5, 5.41) is 0. The van der Waals surface area contributed by atoms with Crippen molar-refractivity contribution < 1.29 is 32.2 Å². The number of nitrogens with one attached hydrogen (secondary N) is 1. The average Bonchev–Trinajstić information content (AvgIpc) is 2.76. The Morgan fingerprint density at radius 2 is 1.76 bits per heavy atom. The lowest BCUT2D eigenvalue weighted by Crippen LogP contribution is -2.43. The highest BCUT2D eigenvalue weighted by molar-refractivity contribution is 5.98. The number of carbonyl (C=O) groups excluding carboxylic acids is 2. The van der Waals surface area contributed by atoms with Gasteiger partial charge < -0.3 is 20.1 Å². The molecule has 0 spiro atoms. The van der Waals surface area contributed by atoms with E-state index in [0.717, 1.165) is 33.7 Å². The standard InChI is InChI=1S/C21H25F3N4O6/c1-3-5-11-27(16-17(25)28(10-4-2)20(32)26-18(16)30)15(29)12-33-19(31)13-6-8-14(9-7-13)34-21(22,23)24/h6-9H,3-5,10-12,25H2,1-2H3,(H,26,30,32). The lowest BCUT2D eigenvalue weighted by Gasteiger charge is -2.24. The number of esters is 1. The predicted octanol–water partition coefficient (Wildman–Crippen LogP) is 2.42. The van der Waals surface area contributed by atoms with Gasteiger partial charge in [-0.1, -0.05) is 20.3 Å². The van der Waals surface area contributed by atoms with Gasteiger partial charge in [-0.2, -0.15) is 0 Å². The van der Waals surface area contributed by atoms with Crippen LogP contribution in [0.3, 0.4) is 0 Å². The van der Waals surface area contributed by atoms with Gasteiger partial charge >= 0.3 is 18.0 Å². The summed E-state index contributed by atoms with van der Waals surface area (Å²) in [6.07, 6.45) is -3.17. The van der Waals surface area contributed by atoms with Crippen molar-refractivity contribution in [2.24, 2.45) is 0 Å². The van der Waals surface area contributed by atoms with E-state index in [1.165, 1.54) is 0 Å². The molecule has 34 heavy (non-hydrogen) atoms. The van der Waals surface area contributed by atoms with Crippen molar-refractivity contribution in [1.29, 1.82) is 0 Å². The van der Waals surface area contributed by atoms with Crippen LogP contribution in [-0.2, 0) is 16.1 Å².